The van der Waals surface area contributed by atoms with Gasteiger partial charge in [-0.25, -0.2) is 14.8 Å². The molecule has 2 aromatic rings. The minimum absolute atomic E-state index is 0.0192. The van der Waals surface area contributed by atoms with Crippen molar-refractivity contribution in [1.29, 1.82) is 0 Å². The predicted molar refractivity (Wildman–Crippen MR) is 69.5 cm³/mol. The molecular weight excluding hydrogens is 268 g/mol. The van der Waals surface area contributed by atoms with E-state index in [9.17, 15) is 4.79 Å². The summed E-state index contributed by atoms with van der Waals surface area (Å²) in [5.41, 5.74) is 1.34. The number of ether oxygens (including phenoxy) is 1. The summed E-state index contributed by atoms with van der Waals surface area (Å²) in [5.74, 6) is -0.601. The predicted octanol–water partition coefficient (Wildman–Crippen LogP) is 2.72. The van der Waals surface area contributed by atoms with Gasteiger partial charge in [0.25, 0.3) is 0 Å². The number of hydrogen-bond acceptors (Lipinski definition) is 4. The van der Waals surface area contributed by atoms with E-state index >= 15 is 0 Å². The van der Waals surface area contributed by atoms with Crippen molar-refractivity contribution in [2.24, 2.45) is 0 Å². The summed E-state index contributed by atoms with van der Waals surface area (Å²) in [7, 11) is 0. The summed E-state index contributed by atoms with van der Waals surface area (Å²) in [6.45, 7) is 1.94. The van der Waals surface area contributed by atoms with E-state index in [2.05, 4.69) is 9.97 Å². The minimum Gasteiger partial charge on any atom is -0.486 e. The number of aromatic nitrogens is 2. The first-order chi connectivity index (χ1) is 9.08. The van der Waals surface area contributed by atoms with Crippen LogP contribution in [0.5, 0.6) is 5.75 Å². The Bertz CT molecular complexity index is 617. The van der Waals surface area contributed by atoms with Gasteiger partial charge >= 0.3 is 5.97 Å². The van der Waals surface area contributed by atoms with E-state index in [0.29, 0.717) is 16.5 Å². The zero-order valence-electron chi connectivity index (χ0n) is 10.1. The van der Waals surface area contributed by atoms with E-state index in [-0.39, 0.29) is 12.2 Å². The quantitative estimate of drug-likeness (QED) is 0.931. The van der Waals surface area contributed by atoms with Gasteiger partial charge in [-0.2, -0.15) is 0 Å². The molecule has 98 valence electrons. The Morgan fingerprint density at radius 1 is 1.47 bits per heavy atom. The first kappa shape index (κ1) is 13.3. The Morgan fingerprint density at radius 2 is 2.26 bits per heavy atom. The molecule has 0 amide bonds. The van der Waals surface area contributed by atoms with Gasteiger partial charge in [0.05, 0.1) is 10.7 Å². The monoisotopic (exact) mass is 278 g/mol. The number of hydrogen-bond donors (Lipinski definition) is 1. The molecule has 1 aromatic carbocycles. The largest absolute Gasteiger partial charge is 0.486 e. The van der Waals surface area contributed by atoms with Gasteiger partial charge in [0.15, 0.2) is 0 Å². The molecular formula is C13H11ClN2O3. The topological polar surface area (TPSA) is 72.3 Å². The number of halogens is 1. The second kappa shape index (κ2) is 5.67. The lowest BCUT2D eigenvalue weighted by Crippen LogP contribution is -2.08. The first-order valence-corrected chi connectivity index (χ1v) is 5.87. The lowest BCUT2D eigenvalue weighted by molar-refractivity contribution is 0.0692. The fraction of sp³-hybridized carbons (Fsp3) is 0.154. The molecule has 0 spiro atoms. The van der Waals surface area contributed by atoms with Crippen LogP contribution in [0.25, 0.3) is 0 Å². The van der Waals surface area contributed by atoms with E-state index in [1.54, 1.807) is 12.1 Å². The molecule has 1 heterocycles. The second-order valence-electron chi connectivity index (χ2n) is 3.91. The van der Waals surface area contributed by atoms with Crippen LogP contribution < -0.4 is 4.74 Å². The summed E-state index contributed by atoms with van der Waals surface area (Å²) in [5, 5.41) is 9.47. The van der Waals surface area contributed by atoms with Crippen LogP contribution in [0.4, 0.5) is 0 Å². The van der Waals surface area contributed by atoms with Crippen LogP contribution in [0.2, 0.25) is 5.02 Å². The molecule has 0 saturated heterocycles. The summed E-state index contributed by atoms with van der Waals surface area (Å²) in [4.78, 5) is 18.6. The molecule has 0 fully saturated rings. The summed E-state index contributed by atoms with van der Waals surface area (Å²) in [6, 6.07) is 5.37. The normalized spacial score (nSPS) is 10.2. The summed E-state index contributed by atoms with van der Waals surface area (Å²) in [6.07, 6.45) is 2.52. The molecule has 0 bridgehead atoms. The number of carboxylic acid groups (broad SMARTS) is 1. The Morgan fingerprint density at radius 3 is 2.95 bits per heavy atom. The molecule has 0 aliphatic carbocycles. The highest BCUT2D eigenvalue weighted by molar-refractivity contribution is 6.32. The van der Waals surface area contributed by atoms with Crippen LogP contribution in [0.3, 0.4) is 0 Å². The van der Waals surface area contributed by atoms with Gasteiger partial charge < -0.3 is 9.84 Å². The minimum atomic E-state index is -1.09. The van der Waals surface area contributed by atoms with Crippen LogP contribution >= 0.6 is 11.6 Å². The maximum Gasteiger partial charge on any atom is 0.339 e. The Kier molecular flexibility index (Phi) is 3.97. The molecule has 0 saturated carbocycles. The van der Waals surface area contributed by atoms with E-state index in [4.69, 9.17) is 21.4 Å². The average molecular weight is 279 g/mol. The Labute approximate surface area is 114 Å². The molecule has 5 nitrogen and oxygen atoms in total. The highest BCUT2D eigenvalue weighted by Gasteiger charge is 2.12. The molecule has 0 aliphatic rings. The summed E-state index contributed by atoms with van der Waals surface area (Å²) < 4.78 is 5.48. The third-order valence-corrected chi connectivity index (χ3v) is 2.77. The van der Waals surface area contributed by atoms with Crippen LogP contribution in [0.1, 0.15) is 21.6 Å². The van der Waals surface area contributed by atoms with Crippen molar-refractivity contribution in [3.05, 3.63) is 52.6 Å². The van der Waals surface area contributed by atoms with Gasteiger partial charge in [-0.15, -0.1) is 0 Å². The highest BCUT2D eigenvalue weighted by atomic mass is 35.5. The van der Waals surface area contributed by atoms with Gasteiger partial charge in [0.2, 0.25) is 0 Å². The van der Waals surface area contributed by atoms with Crippen molar-refractivity contribution in [3.8, 4) is 5.75 Å². The van der Waals surface area contributed by atoms with E-state index in [1.165, 1.54) is 12.5 Å². The van der Waals surface area contributed by atoms with Gasteiger partial charge in [-0.05, 0) is 24.6 Å². The SMILES string of the molecule is Cc1ccc(OCc2ncncc2C(=O)O)c(Cl)c1. The Hall–Kier alpha value is -2.14. The fourth-order valence-electron chi connectivity index (χ4n) is 1.52. The number of aryl methyl sites for hydroxylation is 1. The third kappa shape index (κ3) is 3.20. The molecule has 1 N–H and O–H groups in total. The van der Waals surface area contributed by atoms with Crippen molar-refractivity contribution in [2.45, 2.75) is 13.5 Å². The lowest BCUT2D eigenvalue weighted by Gasteiger charge is -2.09. The van der Waals surface area contributed by atoms with Crippen molar-refractivity contribution in [3.63, 3.8) is 0 Å². The van der Waals surface area contributed by atoms with Crippen molar-refractivity contribution in [2.75, 3.05) is 0 Å². The maximum absolute atomic E-state index is 11.0. The average Bonchev–Trinajstić information content (AvgIpc) is 2.38. The molecule has 0 radical (unpaired) electrons. The number of benzene rings is 1. The number of rotatable bonds is 4. The van der Waals surface area contributed by atoms with Crippen LogP contribution in [0, 0.1) is 6.92 Å². The molecule has 0 aliphatic heterocycles. The third-order valence-electron chi connectivity index (χ3n) is 2.48. The smallest absolute Gasteiger partial charge is 0.339 e. The number of carbonyl (C=O) groups is 1. The number of nitrogens with zero attached hydrogens (tertiary/aromatic N) is 2. The standard InChI is InChI=1S/C13H11ClN2O3/c1-8-2-3-12(10(14)4-8)19-6-11-9(13(17)18)5-15-7-16-11/h2-5,7H,6H2,1H3,(H,17,18). The van der Waals surface area contributed by atoms with Crippen molar-refractivity contribution >= 4 is 17.6 Å². The van der Waals surface area contributed by atoms with Crippen molar-refractivity contribution in [1.82, 2.24) is 9.97 Å². The van der Waals surface area contributed by atoms with E-state index in [0.717, 1.165) is 5.56 Å². The van der Waals surface area contributed by atoms with Gasteiger partial charge in [0.1, 0.15) is 24.2 Å². The molecule has 6 heteroatoms. The number of aromatic carboxylic acids is 1. The van der Waals surface area contributed by atoms with Gasteiger partial charge in [0, 0.05) is 6.20 Å². The van der Waals surface area contributed by atoms with Gasteiger partial charge in [-0.1, -0.05) is 17.7 Å². The van der Waals surface area contributed by atoms with E-state index < -0.39 is 5.97 Å². The fourth-order valence-corrected chi connectivity index (χ4v) is 1.81. The lowest BCUT2D eigenvalue weighted by atomic mass is 10.2. The molecule has 19 heavy (non-hydrogen) atoms. The van der Waals surface area contributed by atoms with Crippen LogP contribution in [-0.2, 0) is 6.61 Å². The summed E-state index contributed by atoms with van der Waals surface area (Å²) >= 11 is 6.02. The van der Waals surface area contributed by atoms with Gasteiger partial charge in [-0.3, -0.25) is 0 Å². The van der Waals surface area contributed by atoms with Crippen LogP contribution in [-0.4, -0.2) is 21.0 Å². The highest BCUT2D eigenvalue weighted by Crippen LogP contribution is 2.26. The Balaban J connectivity index is 2.17. The molecule has 2 rings (SSSR count). The first-order valence-electron chi connectivity index (χ1n) is 5.49. The number of carboxylic acids is 1. The molecule has 0 unspecified atom stereocenters. The maximum atomic E-state index is 11.0. The van der Waals surface area contributed by atoms with Crippen LogP contribution in [0.15, 0.2) is 30.7 Å². The molecule has 0 atom stereocenters. The second-order valence-corrected chi connectivity index (χ2v) is 4.32. The van der Waals surface area contributed by atoms with Crippen molar-refractivity contribution < 1.29 is 14.6 Å². The zero-order chi connectivity index (χ0) is 13.8. The van der Waals surface area contributed by atoms with E-state index in [1.807, 2.05) is 13.0 Å². The zero-order valence-corrected chi connectivity index (χ0v) is 10.9. The molecule has 1 aromatic heterocycles.